The zero-order valence-electron chi connectivity index (χ0n) is 21.3. The highest BCUT2D eigenvalue weighted by molar-refractivity contribution is 9.10. The van der Waals surface area contributed by atoms with E-state index in [0.717, 1.165) is 27.4 Å². The van der Waals surface area contributed by atoms with Crippen molar-refractivity contribution in [3.05, 3.63) is 75.1 Å². The summed E-state index contributed by atoms with van der Waals surface area (Å²) < 4.78 is 31.7. The van der Waals surface area contributed by atoms with Crippen molar-refractivity contribution in [3.8, 4) is 0 Å². The van der Waals surface area contributed by atoms with Crippen LogP contribution in [0.5, 0.6) is 0 Å². The van der Waals surface area contributed by atoms with Crippen LogP contribution in [0.2, 0.25) is 0 Å². The highest BCUT2D eigenvalue weighted by Crippen LogP contribution is 2.35. The Labute approximate surface area is 235 Å². The van der Waals surface area contributed by atoms with Crippen LogP contribution in [-0.4, -0.2) is 66.8 Å². The fourth-order valence-electron chi connectivity index (χ4n) is 6.19. The van der Waals surface area contributed by atoms with E-state index in [1.165, 1.54) is 11.0 Å². The first-order valence-electron chi connectivity index (χ1n) is 13.2. The van der Waals surface area contributed by atoms with Gasteiger partial charge in [-0.3, -0.25) is 14.4 Å². The second kappa shape index (κ2) is 10.2. The predicted octanol–water partition coefficient (Wildman–Crippen LogP) is 2.68. The number of pyridine rings is 1. The van der Waals surface area contributed by atoms with Crippen molar-refractivity contribution < 1.29 is 18.0 Å². The van der Waals surface area contributed by atoms with Crippen molar-refractivity contribution in [2.24, 2.45) is 5.92 Å². The van der Waals surface area contributed by atoms with Gasteiger partial charge in [0.05, 0.1) is 11.4 Å². The van der Waals surface area contributed by atoms with Crippen molar-refractivity contribution in [3.63, 3.8) is 0 Å². The van der Waals surface area contributed by atoms with Gasteiger partial charge in [-0.05, 0) is 66.3 Å². The largest absolute Gasteiger partial charge is 0.340 e. The van der Waals surface area contributed by atoms with E-state index in [1.807, 2.05) is 28.8 Å². The van der Waals surface area contributed by atoms with Gasteiger partial charge in [-0.2, -0.15) is 4.72 Å². The molecule has 2 aromatic carbocycles. The molecule has 3 atom stereocenters. The lowest BCUT2D eigenvalue weighted by Gasteiger charge is -2.43. The van der Waals surface area contributed by atoms with Crippen LogP contribution in [-0.2, 0) is 26.2 Å². The van der Waals surface area contributed by atoms with E-state index in [-0.39, 0.29) is 40.6 Å². The minimum Gasteiger partial charge on any atom is -0.340 e. The molecule has 1 N–H and O–H groups in total. The fraction of sp³-hybridized carbons (Fsp3) is 0.393. The number of rotatable bonds is 5. The Bertz CT molecular complexity index is 1640. The predicted molar refractivity (Wildman–Crippen MR) is 150 cm³/mol. The molecule has 3 aliphatic heterocycles. The fourth-order valence-corrected chi connectivity index (χ4v) is 7.82. The number of benzene rings is 2. The topological polar surface area (TPSA) is 109 Å². The van der Waals surface area contributed by atoms with Crippen LogP contribution >= 0.6 is 15.9 Å². The number of carbonyl (C=O) groups excluding carboxylic acids is 2. The van der Waals surface area contributed by atoms with E-state index in [9.17, 15) is 22.8 Å². The van der Waals surface area contributed by atoms with Crippen LogP contribution in [0, 0.1) is 5.92 Å². The molecule has 1 unspecified atom stereocenters. The average molecular weight is 614 g/mol. The Morgan fingerprint density at radius 1 is 1.00 bits per heavy atom. The van der Waals surface area contributed by atoms with Gasteiger partial charge in [-0.15, -0.1) is 0 Å². The Kier molecular flexibility index (Phi) is 6.84. The summed E-state index contributed by atoms with van der Waals surface area (Å²) in [6.07, 6.45) is 1.91. The third-order valence-corrected chi connectivity index (χ3v) is 10.0. The maximum Gasteiger partial charge on any atom is 0.250 e. The molecular formula is C28H29BrN4O5S. The SMILES string of the molecule is O=C(CN1CCC[C@H](NS(=O)(=O)c2ccc3cc(Br)ccc3c2)C1=O)N1CC2C[C@H](C1)Cn1c2cccc1=O. The molecule has 2 saturated heterocycles. The number of sulfonamides is 1. The van der Waals surface area contributed by atoms with Gasteiger partial charge < -0.3 is 14.4 Å². The van der Waals surface area contributed by atoms with E-state index in [4.69, 9.17) is 0 Å². The molecular weight excluding hydrogens is 584 g/mol. The normalized spacial score (nSPS) is 23.1. The van der Waals surface area contributed by atoms with Crippen molar-refractivity contribution >= 4 is 48.5 Å². The van der Waals surface area contributed by atoms with Gasteiger partial charge in [-0.1, -0.05) is 34.1 Å². The number of likely N-dealkylation sites (tertiary alicyclic amines) is 2. The summed E-state index contributed by atoms with van der Waals surface area (Å²) in [5, 5.41) is 1.68. The van der Waals surface area contributed by atoms with Crippen LogP contribution in [0.25, 0.3) is 10.8 Å². The van der Waals surface area contributed by atoms with Crippen molar-refractivity contribution in [2.75, 3.05) is 26.2 Å². The highest BCUT2D eigenvalue weighted by Gasteiger charge is 2.38. The average Bonchev–Trinajstić information content (AvgIpc) is 2.91. The molecule has 4 heterocycles. The first-order chi connectivity index (χ1) is 18.7. The third-order valence-electron chi connectivity index (χ3n) is 8.07. The second-order valence-electron chi connectivity index (χ2n) is 10.7. The monoisotopic (exact) mass is 612 g/mol. The Balaban J connectivity index is 1.13. The lowest BCUT2D eigenvalue weighted by molar-refractivity contribution is -0.144. The summed E-state index contributed by atoms with van der Waals surface area (Å²) in [7, 11) is -3.94. The Morgan fingerprint density at radius 3 is 2.64 bits per heavy atom. The van der Waals surface area contributed by atoms with Crippen molar-refractivity contribution in [1.29, 1.82) is 0 Å². The third kappa shape index (κ3) is 5.15. The van der Waals surface area contributed by atoms with E-state index in [2.05, 4.69) is 20.7 Å². The first-order valence-corrected chi connectivity index (χ1v) is 15.4. The van der Waals surface area contributed by atoms with Crippen LogP contribution in [0.15, 0.2) is 68.8 Å². The summed E-state index contributed by atoms with van der Waals surface area (Å²) in [5.74, 6) is -0.235. The van der Waals surface area contributed by atoms with Crippen LogP contribution in [0.1, 0.15) is 30.9 Å². The molecule has 0 aliphatic carbocycles. The number of piperidine rings is 2. The molecule has 204 valence electrons. The molecule has 2 fully saturated rings. The number of carbonyl (C=O) groups is 2. The minimum absolute atomic E-state index is 0.00820. The summed E-state index contributed by atoms with van der Waals surface area (Å²) in [4.78, 5) is 42.2. The second-order valence-corrected chi connectivity index (χ2v) is 13.4. The van der Waals surface area contributed by atoms with E-state index >= 15 is 0 Å². The number of nitrogens with one attached hydrogen (secondary N) is 1. The van der Waals surface area contributed by atoms with Gasteiger partial charge in [0.2, 0.25) is 21.8 Å². The lowest BCUT2D eigenvalue weighted by Crippen LogP contribution is -2.56. The van der Waals surface area contributed by atoms with E-state index < -0.39 is 16.1 Å². The summed E-state index contributed by atoms with van der Waals surface area (Å²) >= 11 is 3.42. The number of fused-ring (bicyclic) bond motifs is 5. The Morgan fingerprint density at radius 2 is 1.79 bits per heavy atom. The molecule has 0 spiro atoms. The van der Waals surface area contributed by atoms with E-state index in [1.54, 1.807) is 29.2 Å². The Hall–Kier alpha value is -3.02. The van der Waals surface area contributed by atoms with E-state index in [0.29, 0.717) is 39.0 Å². The molecule has 3 aromatic rings. The number of halogens is 1. The van der Waals surface area contributed by atoms with Crippen molar-refractivity contribution in [1.82, 2.24) is 19.1 Å². The molecule has 39 heavy (non-hydrogen) atoms. The zero-order valence-corrected chi connectivity index (χ0v) is 23.7. The number of aromatic nitrogens is 1. The maximum absolute atomic E-state index is 13.3. The molecule has 6 rings (SSSR count). The summed E-state index contributed by atoms with van der Waals surface area (Å²) in [6.45, 7) is 1.98. The van der Waals surface area contributed by atoms with Gasteiger partial charge in [0.1, 0.15) is 6.04 Å². The summed E-state index contributed by atoms with van der Waals surface area (Å²) in [6, 6.07) is 14.8. The molecule has 9 nitrogen and oxygen atoms in total. The van der Waals surface area contributed by atoms with Gasteiger partial charge in [0.25, 0.3) is 5.56 Å². The van der Waals surface area contributed by atoms with Gasteiger partial charge in [0.15, 0.2) is 0 Å². The van der Waals surface area contributed by atoms with Gasteiger partial charge in [-0.25, -0.2) is 8.42 Å². The molecule has 0 saturated carbocycles. The molecule has 3 aliphatic rings. The minimum atomic E-state index is -3.94. The van der Waals surface area contributed by atoms with Crippen LogP contribution in [0.3, 0.4) is 0 Å². The van der Waals surface area contributed by atoms with Gasteiger partial charge >= 0.3 is 0 Å². The number of hydrogen-bond donors (Lipinski definition) is 1. The van der Waals surface area contributed by atoms with Crippen LogP contribution < -0.4 is 10.3 Å². The quantitative estimate of drug-likeness (QED) is 0.476. The smallest absolute Gasteiger partial charge is 0.250 e. The number of hydrogen-bond acceptors (Lipinski definition) is 5. The van der Waals surface area contributed by atoms with Gasteiger partial charge in [0, 0.05) is 48.3 Å². The lowest BCUT2D eigenvalue weighted by atomic mass is 9.83. The zero-order chi connectivity index (χ0) is 27.3. The molecule has 2 amide bonds. The number of amides is 2. The molecule has 1 aromatic heterocycles. The maximum atomic E-state index is 13.3. The number of nitrogens with zero attached hydrogens (tertiary/aromatic N) is 3. The molecule has 11 heteroatoms. The summed E-state index contributed by atoms with van der Waals surface area (Å²) in [5.41, 5.74) is 0.951. The highest BCUT2D eigenvalue weighted by atomic mass is 79.9. The molecule has 0 radical (unpaired) electrons. The van der Waals surface area contributed by atoms with Crippen LogP contribution in [0.4, 0.5) is 0 Å². The van der Waals surface area contributed by atoms with Crippen molar-refractivity contribution in [2.45, 2.75) is 42.7 Å². The standard InChI is InChI=1S/C28H29BrN4O5S/c29-22-8-6-20-13-23(9-7-19(20)12-22)39(37,38)30-24-3-2-10-31(28(24)36)17-27(35)32-14-18-11-21(16-32)25-4-1-5-26(34)33(25)15-18/h1,4-9,12-13,18,21,24,30H,2-3,10-11,14-17H2/t18-,21?,24+/m1/s1. The first kappa shape index (κ1) is 26.2. The molecule has 2 bridgehead atoms.